The van der Waals surface area contributed by atoms with Crippen molar-refractivity contribution in [3.63, 3.8) is 0 Å². The van der Waals surface area contributed by atoms with Crippen molar-refractivity contribution in [3.05, 3.63) is 29.6 Å². The second kappa shape index (κ2) is 5.70. The molecule has 1 saturated carbocycles. The van der Waals surface area contributed by atoms with Crippen molar-refractivity contribution in [2.24, 2.45) is 5.92 Å². The maximum Gasteiger partial charge on any atom is 0.125 e. The molecule has 104 valence electrons. The Morgan fingerprint density at radius 1 is 1.11 bits per heavy atom. The van der Waals surface area contributed by atoms with Gasteiger partial charge in [-0.1, -0.05) is 12.8 Å². The molecule has 1 nitrogen and oxygen atoms in total. The van der Waals surface area contributed by atoms with Gasteiger partial charge in [0.15, 0.2) is 0 Å². The fourth-order valence-corrected chi connectivity index (χ4v) is 3.98. The van der Waals surface area contributed by atoms with E-state index in [-0.39, 0.29) is 5.82 Å². The number of anilines is 1. The van der Waals surface area contributed by atoms with E-state index in [4.69, 9.17) is 11.6 Å². The smallest absolute Gasteiger partial charge is 0.125 e. The first-order valence-electron chi connectivity index (χ1n) is 7.40. The van der Waals surface area contributed by atoms with Gasteiger partial charge < -0.3 is 4.90 Å². The Labute approximate surface area is 119 Å². The summed E-state index contributed by atoms with van der Waals surface area (Å²) < 4.78 is 13.7. The summed E-state index contributed by atoms with van der Waals surface area (Å²) in [5.41, 5.74) is 1.92. The summed E-state index contributed by atoms with van der Waals surface area (Å²) in [6, 6.07) is 5.89. The van der Waals surface area contributed by atoms with Crippen molar-refractivity contribution in [2.45, 2.75) is 50.4 Å². The first kappa shape index (κ1) is 13.2. The molecule has 0 radical (unpaired) electrons. The lowest BCUT2D eigenvalue weighted by molar-refractivity contribution is 0.243. The van der Waals surface area contributed by atoms with Crippen LogP contribution in [-0.2, 0) is 5.88 Å². The summed E-state index contributed by atoms with van der Waals surface area (Å²) in [4.78, 5) is 2.44. The minimum absolute atomic E-state index is 0.161. The van der Waals surface area contributed by atoms with E-state index in [1.807, 2.05) is 0 Å². The monoisotopic (exact) mass is 281 g/mol. The zero-order chi connectivity index (χ0) is 13.2. The van der Waals surface area contributed by atoms with Gasteiger partial charge in [0.1, 0.15) is 5.82 Å². The third kappa shape index (κ3) is 2.74. The van der Waals surface area contributed by atoms with Crippen LogP contribution in [-0.4, -0.2) is 12.6 Å². The standard InChI is InChI=1S/C16H21ClFN/c17-11-12-8-14(18)10-15(9-12)19-7-3-5-13-4-1-2-6-16(13)19/h8-10,13,16H,1-7,11H2. The van der Waals surface area contributed by atoms with E-state index in [0.29, 0.717) is 11.9 Å². The Balaban J connectivity index is 1.89. The average molecular weight is 282 g/mol. The number of hydrogen-bond acceptors (Lipinski definition) is 1. The minimum atomic E-state index is -0.161. The van der Waals surface area contributed by atoms with Crippen LogP contribution in [0.1, 0.15) is 44.1 Å². The number of nitrogens with zero attached hydrogens (tertiary/aromatic N) is 1. The Hall–Kier alpha value is -0.760. The number of piperidine rings is 1. The van der Waals surface area contributed by atoms with Gasteiger partial charge in [-0.25, -0.2) is 4.39 Å². The van der Waals surface area contributed by atoms with E-state index in [1.165, 1.54) is 38.5 Å². The van der Waals surface area contributed by atoms with Crippen molar-refractivity contribution in [2.75, 3.05) is 11.4 Å². The molecule has 0 amide bonds. The quantitative estimate of drug-likeness (QED) is 0.709. The first-order valence-corrected chi connectivity index (χ1v) is 7.93. The van der Waals surface area contributed by atoms with Crippen LogP contribution in [0.4, 0.5) is 10.1 Å². The molecule has 1 saturated heterocycles. The van der Waals surface area contributed by atoms with Gasteiger partial charge in [-0.2, -0.15) is 0 Å². The molecular weight excluding hydrogens is 261 g/mol. The highest BCUT2D eigenvalue weighted by Gasteiger charge is 2.33. The normalized spacial score (nSPS) is 27.2. The Morgan fingerprint density at radius 2 is 1.89 bits per heavy atom. The van der Waals surface area contributed by atoms with Crippen molar-refractivity contribution in [3.8, 4) is 0 Å². The fourth-order valence-electron chi connectivity index (χ4n) is 3.82. The minimum Gasteiger partial charge on any atom is -0.368 e. The van der Waals surface area contributed by atoms with E-state index < -0.39 is 0 Å². The highest BCUT2D eigenvalue weighted by Crippen LogP contribution is 2.38. The predicted octanol–water partition coefficient (Wildman–Crippen LogP) is 4.72. The van der Waals surface area contributed by atoms with Crippen molar-refractivity contribution in [1.82, 2.24) is 0 Å². The molecule has 0 spiro atoms. The topological polar surface area (TPSA) is 3.24 Å². The number of fused-ring (bicyclic) bond motifs is 1. The molecule has 2 atom stereocenters. The molecule has 1 aromatic rings. The van der Waals surface area contributed by atoms with Crippen LogP contribution in [0, 0.1) is 11.7 Å². The molecule has 3 rings (SSSR count). The number of alkyl halides is 1. The van der Waals surface area contributed by atoms with E-state index in [0.717, 1.165) is 23.7 Å². The summed E-state index contributed by atoms with van der Waals surface area (Å²) in [5, 5.41) is 0. The van der Waals surface area contributed by atoms with Gasteiger partial charge in [-0.05, 0) is 55.4 Å². The van der Waals surface area contributed by atoms with Crippen LogP contribution in [0.25, 0.3) is 0 Å². The molecule has 3 heteroatoms. The number of halogens is 2. The zero-order valence-corrected chi connectivity index (χ0v) is 12.0. The molecular formula is C16H21ClFN. The molecule has 2 aliphatic rings. The molecule has 0 N–H and O–H groups in total. The van der Waals surface area contributed by atoms with Crippen LogP contribution in [0.5, 0.6) is 0 Å². The lowest BCUT2D eigenvalue weighted by atomic mass is 9.78. The zero-order valence-electron chi connectivity index (χ0n) is 11.2. The average Bonchev–Trinajstić information content (AvgIpc) is 2.46. The number of benzene rings is 1. The van der Waals surface area contributed by atoms with Crippen LogP contribution in [0.2, 0.25) is 0 Å². The van der Waals surface area contributed by atoms with Crippen LogP contribution >= 0.6 is 11.6 Å². The van der Waals surface area contributed by atoms with Gasteiger partial charge in [-0.15, -0.1) is 11.6 Å². The second-order valence-corrected chi connectivity index (χ2v) is 6.17. The Morgan fingerprint density at radius 3 is 2.74 bits per heavy atom. The van der Waals surface area contributed by atoms with Gasteiger partial charge in [0.25, 0.3) is 0 Å². The third-order valence-electron chi connectivity index (χ3n) is 4.67. The highest BCUT2D eigenvalue weighted by atomic mass is 35.5. The van der Waals surface area contributed by atoms with Crippen LogP contribution in [0.15, 0.2) is 18.2 Å². The molecule has 19 heavy (non-hydrogen) atoms. The molecule has 1 aliphatic carbocycles. The number of rotatable bonds is 2. The molecule has 1 aromatic carbocycles. The summed E-state index contributed by atoms with van der Waals surface area (Å²) in [6.07, 6.45) is 7.86. The summed E-state index contributed by atoms with van der Waals surface area (Å²) >= 11 is 5.86. The van der Waals surface area contributed by atoms with Gasteiger partial charge >= 0.3 is 0 Å². The van der Waals surface area contributed by atoms with Crippen molar-refractivity contribution >= 4 is 17.3 Å². The summed E-state index contributed by atoms with van der Waals surface area (Å²) in [7, 11) is 0. The van der Waals surface area contributed by atoms with Crippen LogP contribution in [0.3, 0.4) is 0 Å². The van der Waals surface area contributed by atoms with Gasteiger partial charge in [0, 0.05) is 24.2 Å². The van der Waals surface area contributed by atoms with Gasteiger partial charge in [0.2, 0.25) is 0 Å². The predicted molar refractivity (Wildman–Crippen MR) is 78.3 cm³/mol. The molecule has 1 heterocycles. The van der Waals surface area contributed by atoms with Crippen molar-refractivity contribution in [1.29, 1.82) is 0 Å². The lowest BCUT2D eigenvalue weighted by Gasteiger charge is -2.45. The van der Waals surface area contributed by atoms with E-state index >= 15 is 0 Å². The lowest BCUT2D eigenvalue weighted by Crippen LogP contribution is -2.47. The maximum absolute atomic E-state index is 13.7. The van der Waals surface area contributed by atoms with Gasteiger partial charge in [-0.3, -0.25) is 0 Å². The molecule has 2 fully saturated rings. The largest absolute Gasteiger partial charge is 0.368 e. The summed E-state index contributed by atoms with van der Waals surface area (Å²) in [6.45, 7) is 1.06. The SMILES string of the molecule is Fc1cc(CCl)cc(N2CCCC3CCCCC32)c1. The Kier molecular flexibility index (Phi) is 3.97. The number of hydrogen-bond donors (Lipinski definition) is 0. The van der Waals surface area contributed by atoms with E-state index in [1.54, 1.807) is 12.1 Å². The van der Waals surface area contributed by atoms with E-state index in [2.05, 4.69) is 11.0 Å². The van der Waals surface area contributed by atoms with Crippen molar-refractivity contribution < 1.29 is 4.39 Å². The molecule has 2 unspecified atom stereocenters. The molecule has 0 bridgehead atoms. The van der Waals surface area contributed by atoms with E-state index in [9.17, 15) is 4.39 Å². The maximum atomic E-state index is 13.7. The first-order chi connectivity index (χ1) is 9.28. The Bertz CT molecular complexity index is 446. The van der Waals surface area contributed by atoms with Gasteiger partial charge in [0.05, 0.1) is 0 Å². The third-order valence-corrected chi connectivity index (χ3v) is 4.98. The molecule has 0 aromatic heterocycles. The highest BCUT2D eigenvalue weighted by molar-refractivity contribution is 6.17. The summed E-state index contributed by atoms with van der Waals surface area (Å²) in [5.74, 6) is 1.03. The molecule has 1 aliphatic heterocycles. The fraction of sp³-hybridized carbons (Fsp3) is 0.625. The second-order valence-electron chi connectivity index (χ2n) is 5.90. The van der Waals surface area contributed by atoms with Crippen LogP contribution < -0.4 is 4.90 Å².